The van der Waals surface area contributed by atoms with Crippen molar-refractivity contribution < 1.29 is 31.9 Å². The van der Waals surface area contributed by atoms with Gasteiger partial charge in [-0.3, -0.25) is 13.9 Å². The maximum absolute atomic E-state index is 14.7. The minimum atomic E-state index is -4.31. The first kappa shape index (κ1) is 31.4. The van der Waals surface area contributed by atoms with Gasteiger partial charge in [-0.25, -0.2) is 12.8 Å². The highest BCUT2D eigenvalue weighted by Gasteiger charge is 2.34. The predicted octanol–water partition coefficient (Wildman–Crippen LogP) is 4.37. The van der Waals surface area contributed by atoms with Crippen molar-refractivity contribution >= 4 is 27.5 Å². The van der Waals surface area contributed by atoms with E-state index in [0.717, 1.165) is 4.31 Å². The van der Waals surface area contributed by atoms with Crippen molar-refractivity contribution in [2.45, 2.75) is 50.7 Å². The lowest BCUT2D eigenvalue weighted by molar-refractivity contribution is -0.139. The van der Waals surface area contributed by atoms with Crippen molar-refractivity contribution in [1.29, 1.82) is 0 Å². The maximum Gasteiger partial charge on any atom is 0.264 e. The van der Waals surface area contributed by atoms with Crippen molar-refractivity contribution in [3.05, 3.63) is 84.2 Å². The number of sulfonamides is 1. The zero-order valence-electron chi connectivity index (χ0n) is 23.8. The van der Waals surface area contributed by atoms with Gasteiger partial charge in [-0.05, 0) is 62.7 Å². The van der Waals surface area contributed by atoms with Gasteiger partial charge in [0.05, 0.1) is 24.8 Å². The molecule has 11 heteroatoms. The number of nitrogens with zero attached hydrogens (tertiary/aromatic N) is 2. The Morgan fingerprint density at radius 1 is 0.927 bits per heavy atom. The van der Waals surface area contributed by atoms with Crippen molar-refractivity contribution in [2.24, 2.45) is 0 Å². The second-order valence-corrected chi connectivity index (χ2v) is 11.3. The summed E-state index contributed by atoms with van der Waals surface area (Å²) in [4.78, 5) is 28.2. The Hall–Kier alpha value is -4.12. The first-order valence-electron chi connectivity index (χ1n) is 13.2. The fourth-order valence-electron chi connectivity index (χ4n) is 4.08. The van der Waals surface area contributed by atoms with Crippen LogP contribution in [0.4, 0.5) is 10.1 Å². The van der Waals surface area contributed by atoms with Gasteiger partial charge >= 0.3 is 0 Å². The first-order chi connectivity index (χ1) is 19.5. The van der Waals surface area contributed by atoms with Gasteiger partial charge in [-0.2, -0.15) is 0 Å². The van der Waals surface area contributed by atoms with Crippen molar-refractivity contribution in [3.63, 3.8) is 0 Å². The van der Waals surface area contributed by atoms with Crippen molar-refractivity contribution in [1.82, 2.24) is 10.2 Å². The quantitative estimate of drug-likeness (QED) is 0.320. The molecule has 0 saturated carbocycles. The number of ether oxygens (including phenoxy) is 2. The number of methoxy groups -OCH3 is 2. The fraction of sp³-hybridized carbons (Fsp3) is 0.333. The number of nitrogens with one attached hydrogen (secondary N) is 1. The Kier molecular flexibility index (Phi) is 10.7. The molecule has 9 nitrogen and oxygen atoms in total. The van der Waals surface area contributed by atoms with Gasteiger partial charge in [-0.1, -0.05) is 37.3 Å². The minimum absolute atomic E-state index is 0.0831. The molecule has 0 spiro atoms. The van der Waals surface area contributed by atoms with Crippen LogP contribution in [0.1, 0.15) is 32.8 Å². The van der Waals surface area contributed by atoms with Gasteiger partial charge in [0.2, 0.25) is 11.8 Å². The van der Waals surface area contributed by atoms with Crippen LogP contribution >= 0.6 is 0 Å². The van der Waals surface area contributed by atoms with Crippen LogP contribution in [0.2, 0.25) is 0 Å². The minimum Gasteiger partial charge on any atom is -0.497 e. The number of carbonyl (C=O) groups is 2. The van der Waals surface area contributed by atoms with Gasteiger partial charge in [0, 0.05) is 18.2 Å². The summed E-state index contributed by atoms with van der Waals surface area (Å²) in [6.45, 7) is 4.35. The van der Waals surface area contributed by atoms with Crippen LogP contribution in [0.3, 0.4) is 0 Å². The topological polar surface area (TPSA) is 105 Å². The number of amides is 2. The molecule has 0 aliphatic rings. The third-order valence-electron chi connectivity index (χ3n) is 6.75. The number of halogens is 1. The van der Waals surface area contributed by atoms with Crippen molar-refractivity contribution in [2.75, 3.05) is 25.1 Å². The highest BCUT2D eigenvalue weighted by Crippen LogP contribution is 2.33. The lowest BCUT2D eigenvalue weighted by Gasteiger charge is -2.32. The Morgan fingerprint density at radius 2 is 1.56 bits per heavy atom. The van der Waals surface area contributed by atoms with E-state index in [1.165, 1.54) is 74.6 Å². The summed E-state index contributed by atoms with van der Waals surface area (Å²) in [5, 5.41) is 2.84. The van der Waals surface area contributed by atoms with E-state index < -0.39 is 40.2 Å². The Labute approximate surface area is 240 Å². The van der Waals surface area contributed by atoms with Crippen LogP contribution in [0.5, 0.6) is 11.5 Å². The standard InChI is InChI=1S/C30H36FN3O6S/c1-6-21(2)32-30(36)22(3)33(19-23-11-7-8-12-26(23)31)29(35)20-34(27-13-9-10-14-28(27)40-5)41(37,38)25-17-15-24(39-4)16-18-25/h7-18,21-22H,6,19-20H2,1-5H3,(H,32,36)/t21-,22+/m0/s1. The predicted molar refractivity (Wildman–Crippen MR) is 155 cm³/mol. The molecule has 220 valence electrons. The van der Waals surface area contributed by atoms with Gasteiger partial charge in [0.1, 0.15) is 29.9 Å². The summed E-state index contributed by atoms with van der Waals surface area (Å²) < 4.78 is 54.1. The largest absolute Gasteiger partial charge is 0.497 e. The number of hydrogen-bond acceptors (Lipinski definition) is 6. The maximum atomic E-state index is 14.7. The molecule has 0 aliphatic heterocycles. The lowest BCUT2D eigenvalue weighted by atomic mass is 10.1. The number of rotatable bonds is 13. The molecule has 0 bridgehead atoms. The number of anilines is 1. The molecule has 3 aromatic rings. The van der Waals surface area contributed by atoms with Gasteiger partial charge in [0.15, 0.2) is 0 Å². The summed E-state index contributed by atoms with van der Waals surface area (Å²) in [5.74, 6) is -1.01. The molecule has 1 N–H and O–H groups in total. The summed E-state index contributed by atoms with van der Waals surface area (Å²) in [5.41, 5.74) is 0.313. The lowest BCUT2D eigenvalue weighted by Crippen LogP contribution is -2.52. The average molecular weight is 586 g/mol. The first-order valence-corrected chi connectivity index (χ1v) is 14.6. The van der Waals surface area contributed by atoms with Gasteiger partial charge in [-0.15, -0.1) is 0 Å². The number of para-hydroxylation sites is 2. The Bertz CT molecular complexity index is 1450. The van der Waals surface area contributed by atoms with E-state index in [4.69, 9.17) is 9.47 Å². The highest BCUT2D eigenvalue weighted by molar-refractivity contribution is 7.92. The number of hydrogen-bond donors (Lipinski definition) is 1. The van der Waals surface area contributed by atoms with Crippen molar-refractivity contribution in [3.8, 4) is 11.5 Å². The molecule has 3 rings (SSSR count). The molecular weight excluding hydrogens is 549 g/mol. The zero-order chi connectivity index (χ0) is 30.2. The summed E-state index contributed by atoms with van der Waals surface area (Å²) in [6, 6.07) is 16.9. The van der Waals surface area contributed by atoms with E-state index in [1.54, 1.807) is 24.3 Å². The number of benzene rings is 3. The molecule has 0 radical (unpaired) electrons. The van der Waals surface area contributed by atoms with Crippen LogP contribution < -0.4 is 19.1 Å². The van der Waals surface area contributed by atoms with Gasteiger partial charge in [0.25, 0.3) is 10.0 Å². The van der Waals surface area contributed by atoms with Crippen LogP contribution in [0, 0.1) is 5.82 Å². The zero-order valence-corrected chi connectivity index (χ0v) is 24.7. The summed E-state index contributed by atoms with van der Waals surface area (Å²) in [7, 11) is -1.46. The molecule has 0 aromatic heterocycles. The third kappa shape index (κ3) is 7.55. The smallest absolute Gasteiger partial charge is 0.264 e. The normalized spacial score (nSPS) is 12.6. The average Bonchev–Trinajstić information content (AvgIpc) is 2.98. The molecule has 0 unspecified atom stereocenters. The monoisotopic (exact) mass is 585 g/mol. The SMILES string of the molecule is CC[C@H](C)NC(=O)[C@@H](C)N(Cc1ccccc1F)C(=O)CN(c1ccccc1OC)S(=O)(=O)c1ccc(OC)cc1. The molecule has 0 heterocycles. The van der Waals surface area contributed by atoms with Crippen LogP contribution in [-0.4, -0.2) is 58.0 Å². The van der Waals surface area contributed by atoms with E-state index in [1.807, 2.05) is 13.8 Å². The molecule has 41 heavy (non-hydrogen) atoms. The number of carbonyl (C=O) groups excluding carboxylic acids is 2. The molecule has 0 saturated heterocycles. The summed E-state index contributed by atoms with van der Waals surface area (Å²) >= 11 is 0. The summed E-state index contributed by atoms with van der Waals surface area (Å²) in [6.07, 6.45) is 0.668. The second kappa shape index (κ2) is 14.0. The second-order valence-electron chi connectivity index (χ2n) is 9.47. The molecular formula is C30H36FN3O6S. The Balaban J connectivity index is 2.08. The van der Waals surface area contributed by atoms with Crippen LogP contribution in [0.25, 0.3) is 0 Å². The van der Waals surface area contributed by atoms with E-state index in [0.29, 0.717) is 12.2 Å². The van der Waals surface area contributed by atoms with Crippen LogP contribution in [-0.2, 0) is 26.2 Å². The third-order valence-corrected chi connectivity index (χ3v) is 8.52. The molecule has 3 aromatic carbocycles. The molecule has 2 amide bonds. The molecule has 0 fully saturated rings. The van der Waals surface area contributed by atoms with E-state index in [9.17, 15) is 22.4 Å². The Morgan fingerprint density at radius 3 is 2.17 bits per heavy atom. The van der Waals surface area contributed by atoms with Crippen LogP contribution in [0.15, 0.2) is 77.7 Å². The van der Waals surface area contributed by atoms with E-state index in [-0.39, 0.29) is 34.5 Å². The van der Waals surface area contributed by atoms with E-state index >= 15 is 0 Å². The molecule has 0 aliphatic carbocycles. The molecule has 2 atom stereocenters. The van der Waals surface area contributed by atoms with E-state index in [2.05, 4.69) is 5.32 Å². The van der Waals surface area contributed by atoms with Gasteiger partial charge < -0.3 is 19.7 Å². The fourth-order valence-corrected chi connectivity index (χ4v) is 5.51. The highest BCUT2D eigenvalue weighted by atomic mass is 32.2.